The van der Waals surface area contributed by atoms with E-state index >= 15 is 4.39 Å². The lowest BCUT2D eigenvalue weighted by molar-refractivity contribution is -0.121. The van der Waals surface area contributed by atoms with Crippen LogP contribution >= 0.6 is 0 Å². The average Bonchev–Trinajstić information content (AvgIpc) is 3.96. The smallest absolute Gasteiger partial charge is 0.329 e. The second-order valence-corrected chi connectivity index (χ2v) is 20.1. The number of carbonyl (C=O) groups is 3. The second kappa shape index (κ2) is 15.6. The third kappa shape index (κ3) is 7.12. The number of aliphatic hydroxyl groups is 1. The van der Waals surface area contributed by atoms with Crippen molar-refractivity contribution in [2.45, 2.75) is 118 Å². The molecule has 0 radical (unpaired) electrons. The first-order chi connectivity index (χ1) is 29.8. The Morgan fingerprint density at radius 2 is 1.79 bits per heavy atom. The number of aromatic nitrogens is 4. The fourth-order valence-electron chi connectivity index (χ4n) is 10.5. The van der Waals surface area contributed by atoms with Crippen LogP contribution in [0.3, 0.4) is 0 Å². The summed E-state index contributed by atoms with van der Waals surface area (Å²) in [6.07, 6.45) is 6.26. The number of imide groups is 1. The minimum Gasteiger partial charge on any atom is -0.393 e. The molecule has 2 aromatic heterocycles. The molecule has 16 nitrogen and oxygen atoms in total. The highest BCUT2D eigenvalue weighted by molar-refractivity contribution is 7.89. The number of amides is 4. The number of aliphatic hydroxyl groups excluding tert-OH is 1. The molecule has 5 fully saturated rings. The molecule has 3 N–H and O–H groups in total. The molecule has 10 rings (SSSR count). The third-order valence-electron chi connectivity index (χ3n) is 14.4. The molecule has 1 spiro atoms. The zero-order valence-corrected chi connectivity index (χ0v) is 35.9. The molecule has 62 heavy (non-hydrogen) atoms. The fraction of sp³-hybridized carbons (Fsp3) is 0.545. The molecule has 4 aromatic rings. The van der Waals surface area contributed by atoms with Crippen molar-refractivity contribution in [3.8, 4) is 0 Å². The number of piperidine rings is 2. The van der Waals surface area contributed by atoms with Gasteiger partial charge in [0.25, 0.3) is 0 Å². The van der Waals surface area contributed by atoms with E-state index in [4.69, 9.17) is 4.98 Å². The van der Waals surface area contributed by atoms with Crippen LogP contribution in [0.25, 0.3) is 10.9 Å². The molecule has 2 saturated carbocycles. The lowest BCUT2D eigenvalue weighted by Gasteiger charge is -2.37. The molecule has 2 aliphatic carbocycles. The number of likely N-dealkylation sites (tertiary alicyclic amines) is 1. The minimum absolute atomic E-state index is 0.0163. The molecule has 3 saturated heterocycles. The molecule has 4 amide bonds. The van der Waals surface area contributed by atoms with Gasteiger partial charge in [0.15, 0.2) is 5.82 Å². The number of urea groups is 1. The maximum atomic E-state index is 16.0. The van der Waals surface area contributed by atoms with Crippen molar-refractivity contribution in [3.63, 3.8) is 0 Å². The summed E-state index contributed by atoms with van der Waals surface area (Å²) >= 11 is 0. The van der Waals surface area contributed by atoms with Crippen molar-refractivity contribution >= 4 is 56.4 Å². The summed E-state index contributed by atoms with van der Waals surface area (Å²) in [5, 5.41) is 21.4. The highest BCUT2D eigenvalue weighted by atomic mass is 32.2. The van der Waals surface area contributed by atoms with E-state index in [1.807, 2.05) is 19.2 Å². The number of alkyl halides is 1. The monoisotopic (exact) mass is 868 g/mol. The zero-order chi connectivity index (χ0) is 43.1. The van der Waals surface area contributed by atoms with E-state index in [1.165, 1.54) is 14.8 Å². The van der Waals surface area contributed by atoms with Gasteiger partial charge in [-0.15, -0.1) is 0 Å². The summed E-state index contributed by atoms with van der Waals surface area (Å²) in [6.45, 7) is 3.81. The number of benzene rings is 2. The highest BCUT2D eigenvalue weighted by Gasteiger charge is 2.61. The van der Waals surface area contributed by atoms with Gasteiger partial charge >= 0.3 is 6.03 Å². The quantitative estimate of drug-likeness (QED) is 0.213. The number of anilines is 3. The van der Waals surface area contributed by atoms with Crippen LogP contribution in [0.1, 0.15) is 99.8 Å². The van der Waals surface area contributed by atoms with E-state index in [-0.39, 0.29) is 67.2 Å². The van der Waals surface area contributed by atoms with E-state index < -0.39 is 39.8 Å². The molecule has 328 valence electrons. The summed E-state index contributed by atoms with van der Waals surface area (Å²) < 4.78 is 47.0. The van der Waals surface area contributed by atoms with Crippen LogP contribution in [-0.2, 0) is 32.1 Å². The zero-order valence-electron chi connectivity index (χ0n) is 35.0. The van der Waals surface area contributed by atoms with Gasteiger partial charge in [0.2, 0.25) is 27.8 Å². The number of fused-ring (bicyclic) bond motifs is 3. The Morgan fingerprint density at radius 1 is 0.984 bits per heavy atom. The van der Waals surface area contributed by atoms with Gasteiger partial charge in [-0.2, -0.15) is 14.4 Å². The summed E-state index contributed by atoms with van der Waals surface area (Å²) in [7, 11) is -2.14. The lowest BCUT2D eigenvalue weighted by atomic mass is 9.88. The van der Waals surface area contributed by atoms with E-state index in [9.17, 15) is 27.9 Å². The van der Waals surface area contributed by atoms with Gasteiger partial charge in [0.05, 0.1) is 28.0 Å². The molecule has 4 aliphatic heterocycles. The molecule has 2 aromatic carbocycles. The third-order valence-corrected chi connectivity index (χ3v) is 16.2. The first kappa shape index (κ1) is 41.0. The van der Waals surface area contributed by atoms with E-state index in [0.29, 0.717) is 24.0 Å². The number of nitrogens with one attached hydrogen (secondary N) is 2. The number of rotatable bonds is 9. The molecular formula is C44H53FN10O6S. The fourth-order valence-corrected chi connectivity index (χ4v) is 12.1. The SMILES string of the molecule is CC(c1cccc(S(=O)(=O)N2CCC(Nc3ncc4c(n3)N([C@@H]3CCC[C@@H](O)C3)C(=O)C43CC3)[C@H](F)C2)c1)N1CCC(c2ccc3c(N4CCC(=O)NC4=O)nn(C)c3c2)CC1. The average molecular weight is 869 g/mol. The Kier molecular flexibility index (Phi) is 10.3. The van der Waals surface area contributed by atoms with Crippen molar-refractivity contribution in [1.82, 2.24) is 34.3 Å². The van der Waals surface area contributed by atoms with Crippen LogP contribution in [0.5, 0.6) is 0 Å². The van der Waals surface area contributed by atoms with Gasteiger partial charge in [0.1, 0.15) is 12.0 Å². The standard InChI is InChI=1S/C44H53FN10O6S/c1-26(52-17-11-27(12-18-52)29-9-10-33-37(22-29)51(2)50-39(33)54-20-14-38(57)48-43(54)59)28-5-3-8-32(21-28)62(60,61)53-19-13-36(35(45)25-53)47-42-46-24-34-40(49-42)55(41(58)44(34)15-16-44)30-6-4-7-31(56)23-30/h3,5,8-10,21-22,24,26-27,30-31,35-36,56H,4,6-7,11-20,23,25H2,1-2H3,(H,46,47,49)(H,48,57,59)/t26?,30-,31-,35-,36?/m1/s1. The molecule has 0 bridgehead atoms. The topological polar surface area (TPSA) is 186 Å². The first-order valence-electron chi connectivity index (χ1n) is 22.0. The number of sulfonamides is 1. The largest absolute Gasteiger partial charge is 0.393 e. The normalized spacial score (nSPS) is 26.5. The maximum Gasteiger partial charge on any atom is 0.329 e. The van der Waals surface area contributed by atoms with Crippen LogP contribution in [-0.4, -0.2) is 117 Å². The Balaban J connectivity index is 0.767. The Hall–Kier alpha value is -5.04. The first-order valence-corrected chi connectivity index (χ1v) is 23.5. The number of hydrogen-bond acceptors (Lipinski definition) is 11. The van der Waals surface area contributed by atoms with Crippen LogP contribution < -0.4 is 20.4 Å². The second-order valence-electron chi connectivity index (χ2n) is 18.1. The van der Waals surface area contributed by atoms with Crippen molar-refractivity contribution in [1.29, 1.82) is 0 Å². The van der Waals surface area contributed by atoms with Crippen LogP contribution in [0.2, 0.25) is 0 Å². The van der Waals surface area contributed by atoms with Gasteiger partial charge in [-0.3, -0.25) is 34.3 Å². The molecule has 6 heterocycles. The Morgan fingerprint density at radius 3 is 2.53 bits per heavy atom. The van der Waals surface area contributed by atoms with Crippen molar-refractivity contribution in [2.75, 3.05) is 47.8 Å². The van der Waals surface area contributed by atoms with Crippen molar-refractivity contribution in [2.24, 2.45) is 7.05 Å². The maximum absolute atomic E-state index is 16.0. The molecule has 6 aliphatic rings. The minimum atomic E-state index is -4.00. The molecule has 5 atom stereocenters. The van der Waals surface area contributed by atoms with Gasteiger partial charge in [-0.1, -0.05) is 18.2 Å². The van der Waals surface area contributed by atoms with Crippen LogP contribution in [0.15, 0.2) is 53.6 Å². The summed E-state index contributed by atoms with van der Waals surface area (Å²) in [6, 6.07) is 11.9. The highest BCUT2D eigenvalue weighted by Crippen LogP contribution is 2.57. The number of aryl methyl sites for hydroxylation is 1. The van der Waals surface area contributed by atoms with Crippen molar-refractivity contribution in [3.05, 3.63) is 65.4 Å². The predicted octanol–water partition coefficient (Wildman–Crippen LogP) is 4.65. The van der Waals surface area contributed by atoms with Crippen molar-refractivity contribution < 1.29 is 32.3 Å². The molecular weight excluding hydrogens is 816 g/mol. The van der Waals surface area contributed by atoms with E-state index in [0.717, 1.165) is 80.1 Å². The van der Waals surface area contributed by atoms with Gasteiger partial charge in [-0.25, -0.2) is 22.6 Å². The number of nitrogens with zero attached hydrogens (tertiary/aromatic N) is 8. The molecule has 18 heteroatoms. The van der Waals surface area contributed by atoms with Gasteiger partial charge in [-0.05, 0) is 119 Å². The molecule has 2 unspecified atom stereocenters. The summed E-state index contributed by atoms with van der Waals surface area (Å²) in [5.74, 6) is 1.33. The number of carbonyl (C=O) groups excluding carboxylic acids is 3. The van der Waals surface area contributed by atoms with Crippen LogP contribution in [0, 0.1) is 0 Å². The number of hydrogen-bond donors (Lipinski definition) is 3. The lowest BCUT2D eigenvalue weighted by Crippen LogP contribution is -2.50. The summed E-state index contributed by atoms with van der Waals surface area (Å²) in [5.41, 5.74) is 3.20. The van der Waals surface area contributed by atoms with Gasteiger partial charge < -0.3 is 10.4 Å². The van der Waals surface area contributed by atoms with Gasteiger partial charge in [0, 0.05) is 62.3 Å². The van der Waals surface area contributed by atoms with E-state index in [2.05, 4.69) is 44.7 Å². The number of halogens is 1. The van der Waals surface area contributed by atoms with Crippen LogP contribution in [0.4, 0.5) is 26.8 Å². The Labute approximate surface area is 359 Å². The summed E-state index contributed by atoms with van der Waals surface area (Å²) in [4.78, 5) is 52.9. The van der Waals surface area contributed by atoms with E-state index in [1.54, 1.807) is 34.0 Å². The Bertz CT molecular complexity index is 2560. The predicted molar refractivity (Wildman–Crippen MR) is 229 cm³/mol.